The molecule has 0 radical (unpaired) electrons. The van der Waals surface area contributed by atoms with Gasteiger partial charge in [0.1, 0.15) is 0 Å². The molecule has 2 aliphatic rings. The molecule has 2 aliphatic carbocycles. The van der Waals surface area contributed by atoms with Crippen molar-refractivity contribution in [3.05, 3.63) is 59.7 Å². The van der Waals surface area contributed by atoms with Gasteiger partial charge in [0, 0.05) is 47.2 Å². The third-order valence-corrected chi connectivity index (χ3v) is 9.53. The van der Waals surface area contributed by atoms with Gasteiger partial charge in [-0.1, -0.05) is 12.8 Å². The Balaban J connectivity index is 1.17. The van der Waals surface area contributed by atoms with Crippen LogP contribution in [0.4, 0.5) is 13.2 Å². The molecule has 2 fully saturated rings. The summed E-state index contributed by atoms with van der Waals surface area (Å²) < 4.78 is 43.8. The van der Waals surface area contributed by atoms with Crippen LogP contribution in [0.15, 0.2) is 58.3 Å². The summed E-state index contributed by atoms with van der Waals surface area (Å²) in [5, 5.41) is 6.07. The standard InChI is InChI=1S/C30H37F3N2O3S2/c1-39-26-12-8-20(9-13-26)28(36)34-16-22-4-2-6-24(22)18-38-19-25-7-3-5-23(25)17-35-29(37)21-10-14-27(15-11-21)40-30(31,32)33/h8-15,22-25H,2-7,16-19H2,1H3,(H,34,36)(H,35,37). The molecule has 4 rings (SSSR count). The third kappa shape index (κ3) is 9.17. The van der Waals surface area contributed by atoms with Crippen LogP contribution in [0.5, 0.6) is 0 Å². The van der Waals surface area contributed by atoms with E-state index in [2.05, 4.69) is 10.6 Å². The molecule has 2 saturated carbocycles. The van der Waals surface area contributed by atoms with Gasteiger partial charge in [-0.15, -0.1) is 11.8 Å². The Morgan fingerprint density at radius 2 is 1.18 bits per heavy atom. The number of ether oxygens (including phenoxy) is 1. The van der Waals surface area contributed by atoms with E-state index in [0.717, 1.165) is 43.4 Å². The molecule has 0 aliphatic heterocycles. The van der Waals surface area contributed by atoms with Crippen molar-refractivity contribution in [1.29, 1.82) is 0 Å². The Labute approximate surface area is 242 Å². The van der Waals surface area contributed by atoms with Gasteiger partial charge in [-0.05, 0) is 116 Å². The molecule has 4 unspecified atom stereocenters. The van der Waals surface area contributed by atoms with Gasteiger partial charge < -0.3 is 15.4 Å². The lowest BCUT2D eigenvalue weighted by Crippen LogP contribution is -2.33. The minimum absolute atomic E-state index is 0.0359. The van der Waals surface area contributed by atoms with Crippen LogP contribution in [0.25, 0.3) is 0 Å². The van der Waals surface area contributed by atoms with E-state index >= 15 is 0 Å². The van der Waals surface area contributed by atoms with Gasteiger partial charge >= 0.3 is 5.51 Å². The van der Waals surface area contributed by atoms with Gasteiger partial charge in [-0.2, -0.15) is 13.2 Å². The fourth-order valence-corrected chi connectivity index (χ4v) is 6.72. The first kappa shape index (κ1) is 30.8. The quantitative estimate of drug-likeness (QED) is 0.258. The topological polar surface area (TPSA) is 67.4 Å². The molecule has 40 heavy (non-hydrogen) atoms. The molecule has 5 nitrogen and oxygen atoms in total. The zero-order chi connectivity index (χ0) is 28.5. The molecule has 10 heteroatoms. The Bertz CT molecular complexity index is 1110. The normalized spacial score (nSPS) is 22.8. The lowest BCUT2D eigenvalue weighted by atomic mass is 9.95. The molecule has 4 atom stereocenters. The molecule has 2 N–H and O–H groups in total. The van der Waals surface area contributed by atoms with Crippen LogP contribution >= 0.6 is 23.5 Å². The second-order valence-electron chi connectivity index (χ2n) is 10.7. The lowest BCUT2D eigenvalue weighted by molar-refractivity contribution is -0.0328. The number of halogens is 3. The smallest absolute Gasteiger partial charge is 0.381 e. The van der Waals surface area contributed by atoms with Crippen LogP contribution in [0.3, 0.4) is 0 Å². The molecular formula is C30H37F3N2O3S2. The summed E-state index contributed by atoms with van der Waals surface area (Å²) in [6.45, 7) is 2.52. The summed E-state index contributed by atoms with van der Waals surface area (Å²) in [5.41, 5.74) is -3.31. The van der Waals surface area contributed by atoms with E-state index in [4.69, 9.17) is 4.74 Å². The average molecular weight is 595 g/mol. The number of benzene rings is 2. The zero-order valence-corrected chi connectivity index (χ0v) is 24.3. The maximum atomic E-state index is 12.6. The number of carbonyl (C=O) groups is 2. The monoisotopic (exact) mass is 594 g/mol. The van der Waals surface area contributed by atoms with Gasteiger partial charge in [0.15, 0.2) is 0 Å². The van der Waals surface area contributed by atoms with Crippen LogP contribution in [-0.2, 0) is 4.74 Å². The highest BCUT2D eigenvalue weighted by Gasteiger charge is 2.31. The summed E-state index contributed by atoms with van der Waals surface area (Å²) in [7, 11) is 0. The van der Waals surface area contributed by atoms with Gasteiger partial charge in [0.25, 0.3) is 11.8 Å². The van der Waals surface area contributed by atoms with Crippen molar-refractivity contribution in [3.8, 4) is 0 Å². The highest BCUT2D eigenvalue weighted by molar-refractivity contribution is 8.00. The first-order valence-electron chi connectivity index (χ1n) is 13.9. The minimum atomic E-state index is -4.35. The highest BCUT2D eigenvalue weighted by Crippen LogP contribution is 2.37. The second kappa shape index (κ2) is 14.6. The predicted molar refractivity (Wildman–Crippen MR) is 154 cm³/mol. The number of rotatable bonds is 12. The van der Waals surface area contributed by atoms with Gasteiger partial charge in [0.2, 0.25) is 0 Å². The number of alkyl halides is 3. The Morgan fingerprint density at radius 3 is 1.60 bits per heavy atom. The van der Waals surface area contributed by atoms with Crippen molar-refractivity contribution in [2.45, 2.75) is 53.8 Å². The lowest BCUT2D eigenvalue weighted by Gasteiger charge is -2.23. The number of thioether (sulfide) groups is 2. The average Bonchev–Trinajstić information content (AvgIpc) is 3.59. The fourth-order valence-electron chi connectivity index (χ4n) is 5.78. The van der Waals surface area contributed by atoms with Crippen LogP contribution in [0.1, 0.15) is 59.2 Å². The summed E-state index contributed by atoms with van der Waals surface area (Å²) in [6, 6.07) is 13.2. The van der Waals surface area contributed by atoms with Crippen LogP contribution in [0, 0.1) is 23.7 Å². The minimum Gasteiger partial charge on any atom is -0.381 e. The van der Waals surface area contributed by atoms with Crippen LogP contribution < -0.4 is 10.6 Å². The van der Waals surface area contributed by atoms with E-state index in [-0.39, 0.29) is 28.5 Å². The van der Waals surface area contributed by atoms with E-state index in [9.17, 15) is 22.8 Å². The molecule has 0 heterocycles. The maximum Gasteiger partial charge on any atom is 0.446 e. The third-order valence-electron chi connectivity index (χ3n) is 8.05. The summed E-state index contributed by atoms with van der Waals surface area (Å²) in [5.74, 6) is 1.22. The van der Waals surface area contributed by atoms with Crippen molar-refractivity contribution < 1.29 is 27.5 Å². The molecule has 0 saturated heterocycles. The Hall–Kier alpha value is -2.17. The van der Waals surface area contributed by atoms with E-state index in [1.54, 1.807) is 11.8 Å². The highest BCUT2D eigenvalue weighted by atomic mass is 32.2. The summed E-state index contributed by atoms with van der Waals surface area (Å²) in [6.07, 6.45) is 8.52. The predicted octanol–water partition coefficient (Wildman–Crippen LogP) is 7.03. The first-order chi connectivity index (χ1) is 19.2. The largest absolute Gasteiger partial charge is 0.446 e. The zero-order valence-electron chi connectivity index (χ0n) is 22.7. The van der Waals surface area contributed by atoms with E-state index < -0.39 is 5.51 Å². The number of amides is 2. The number of carbonyl (C=O) groups excluding carboxylic acids is 2. The SMILES string of the molecule is CSc1ccc(C(=O)NCC2CCCC2COCC2CCCC2CNC(=O)c2ccc(SC(F)(F)F)cc2)cc1. The molecule has 2 aromatic rings. The van der Waals surface area contributed by atoms with Crippen molar-refractivity contribution in [2.24, 2.45) is 23.7 Å². The second-order valence-corrected chi connectivity index (χ2v) is 12.7. The van der Waals surface area contributed by atoms with E-state index in [1.807, 2.05) is 30.5 Å². The Kier molecular flexibility index (Phi) is 11.3. The van der Waals surface area contributed by atoms with Gasteiger partial charge in [-0.25, -0.2) is 0 Å². The first-order valence-corrected chi connectivity index (χ1v) is 15.9. The van der Waals surface area contributed by atoms with Crippen LogP contribution in [-0.4, -0.2) is 49.9 Å². The number of nitrogens with one attached hydrogen (secondary N) is 2. The van der Waals surface area contributed by atoms with Crippen molar-refractivity contribution in [1.82, 2.24) is 10.6 Å². The summed E-state index contributed by atoms with van der Waals surface area (Å²) >= 11 is 1.46. The maximum absolute atomic E-state index is 12.6. The number of hydrogen-bond donors (Lipinski definition) is 2. The Morgan fingerprint density at radius 1 is 0.750 bits per heavy atom. The molecule has 2 aromatic carbocycles. The molecule has 2 amide bonds. The van der Waals surface area contributed by atoms with Crippen LogP contribution in [0.2, 0.25) is 0 Å². The van der Waals surface area contributed by atoms with Gasteiger partial charge in [-0.3, -0.25) is 9.59 Å². The molecule has 218 valence electrons. The summed E-state index contributed by atoms with van der Waals surface area (Å²) in [4.78, 5) is 26.3. The fraction of sp³-hybridized carbons (Fsp3) is 0.533. The van der Waals surface area contributed by atoms with Crippen molar-refractivity contribution >= 4 is 35.3 Å². The van der Waals surface area contributed by atoms with Crippen molar-refractivity contribution in [3.63, 3.8) is 0 Å². The molecular weight excluding hydrogens is 557 g/mol. The van der Waals surface area contributed by atoms with Crippen molar-refractivity contribution in [2.75, 3.05) is 32.6 Å². The molecule has 0 spiro atoms. The molecule has 0 bridgehead atoms. The number of hydrogen-bond acceptors (Lipinski definition) is 5. The molecule has 0 aromatic heterocycles. The van der Waals surface area contributed by atoms with Gasteiger partial charge in [0.05, 0.1) is 0 Å². The van der Waals surface area contributed by atoms with E-state index in [1.165, 1.54) is 24.3 Å². The van der Waals surface area contributed by atoms with E-state index in [0.29, 0.717) is 61.1 Å².